The average Bonchev–Trinajstić information content (AvgIpc) is 2.64. The van der Waals surface area contributed by atoms with Crippen LogP contribution >= 0.6 is 0 Å². The molecule has 5 atom stereocenters. The Morgan fingerprint density at radius 3 is 2.35 bits per heavy atom. The number of alkyl halides is 3. The molecule has 1 spiro atoms. The lowest BCUT2D eigenvalue weighted by Gasteiger charge is -2.69. The molecule has 2 aliphatic carbocycles. The Morgan fingerprint density at radius 1 is 1.25 bits per heavy atom. The lowest BCUT2D eigenvalue weighted by molar-refractivity contribution is -0.245. The van der Waals surface area contributed by atoms with Crippen molar-refractivity contribution < 1.29 is 18.3 Å². The van der Waals surface area contributed by atoms with Crippen molar-refractivity contribution >= 4 is 0 Å². The number of aliphatic hydroxyl groups is 1. The predicted octanol–water partition coefficient (Wildman–Crippen LogP) is 3.20. The molecule has 1 heterocycles. The molecule has 3 unspecified atom stereocenters. The summed E-state index contributed by atoms with van der Waals surface area (Å²) in [7, 11) is 0. The van der Waals surface area contributed by atoms with Crippen LogP contribution < -0.4 is 0 Å². The molecule has 116 valence electrons. The smallest absolute Gasteiger partial charge is 0.382 e. The molecule has 5 heteroatoms. The molecule has 0 radical (unpaired) electrons. The second-order valence-corrected chi connectivity index (χ2v) is 8.06. The third-order valence-electron chi connectivity index (χ3n) is 6.13. The predicted molar refractivity (Wildman–Crippen MR) is 70.2 cm³/mol. The van der Waals surface area contributed by atoms with Crippen LogP contribution in [0, 0.1) is 16.7 Å². The summed E-state index contributed by atoms with van der Waals surface area (Å²) < 4.78 is 37.6. The number of likely N-dealkylation sites (tertiary alicyclic amines) is 1. The first-order valence-electron chi connectivity index (χ1n) is 7.56. The molecule has 1 aliphatic heterocycles. The molecule has 0 amide bonds. The van der Waals surface area contributed by atoms with Gasteiger partial charge in [-0.25, -0.2) is 0 Å². The summed E-state index contributed by atoms with van der Waals surface area (Å²) in [6.45, 7) is 6.43. The monoisotopic (exact) mass is 291 g/mol. The molecular formula is C15H24F3NO. The molecule has 3 aliphatic rings. The molecule has 1 saturated heterocycles. The number of hydrogen-bond acceptors (Lipinski definition) is 2. The molecule has 0 bridgehead atoms. The minimum absolute atomic E-state index is 0.223. The summed E-state index contributed by atoms with van der Waals surface area (Å²) in [5, 5.41) is 9.33. The number of nitrogens with zero attached hydrogens (tertiary/aromatic N) is 1. The van der Waals surface area contributed by atoms with Crippen LogP contribution in [0.3, 0.4) is 0 Å². The maximum Gasteiger partial charge on any atom is 0.415 e. The Hall–Kier alpha value is -0.290. The molecule has 2 saturated carbocycles. The lowest BCUT2D eigenvalue weighted by atomic mass is 9.53. The molecule has 2 nitrogen and oxygen atoms in total. The third-order valence-corrected chi connectivity index (χ3v) is 6.13. The Balaban J connectivity index is 1.69. The van der Waals surface area contributed by atoms with E-state index < -0.39 is 12.3 Å². The molecule has 3 fully saturated rings. The van der Waals surface area contributed by atoms with Crippen LogP contribution in [-0.4, -0.2) is 40.9 Å². The summed E-state index contributed by atoms with van der Waals surface area (Å²) in [4.78, 5) is 1.94. The largest absolute Gasteiger partial charge is 0.415 e. The van der Waals surface area contributed by atoms with Crippen molar-refractivity contribution in [3.63, 3.8) is 0 Å². The van der Waals surface area contributed by atoms with E-state index in [-0.39, 0.29) is 29.5 Å². The van der Waals surface area contributed by atoms with E-state index in [1.54, 1.807) is 0 Å². The van der Waals surface area contributed by atoms with Gasteiger partial charge in [0.15, 0.2) is 6.10 Å². The van der Waals surface area contributed by atoms with Gasteiger partial charge in [-0.15, -0.1) is 0 Å². The molecule has 0 aromatic heterocycles. The maximum absolute atomic E-state index is 12.5. The van der Waals surface area contributed by atoms with E-state index in [0.29, 0.717) is 5.92 Å². The van der Waals surface area contributed by atoms with Crippen LogP contribution in [0.2, 0.25) is 0 Å². The molecule has 0 aromatic rings. The maximum atomic E-state index is 12.5. The zero-order valence-corrected chi connectivity index (χ0v) is 12.4. The Kier molecular flexibility index (Phi) is 3.02. The van der Waals surface area contributed by atoms with Crippen molar-refractivity contribution in [1.82, 2.24) is 4.90 Å². The van der Waals surface area contributed by atoms with Crippen LogP contribution in [0.1, 0.15) is 46.5 Å². The molecule has 3 rings (SSSR count). The highest BCUT2D eigenvalue weighted by atomic mass is 19.4. The molecule has 20 heavy (non-hydrogen) atoms. The second-order valence-electron chi connectivity index (χ2n) is 8.06. The highest BCUT2D eigenvalue weighted by Gasteiger charge is 2.70. The van der Waals surface area contributed by atoms with E-state index in [4.69, 9.17) is 0 Å². The first kappa shape index (κ1) is 14.6. The van der Waals surface area contributed by atoms with Crippen molar-refractivity contribution in [2.75, 3.05) is 6.54 Å². The highest BCUT2D eigenvalue weighted by molar-refractivity contribution is 5.22. The van der Waals surface area contributed by atoms with Gasteiger partial charge in [-0.05, 0) is 37.0 Å². The lowest BCUT2D eigenvalue weighted by Crippen LogP contribution is -2.75. The average molecular weight is 291 g/mol. The fourth-order valence-electron chi connectivity index (χ4n) is 4.77. The minimum atomic E-state index is -4.50. The van der Waals surface area contributed by atoms with Crippen molar-refractivity contribution in [2.24, 2.45) is 16.7 Å². The molecular weight excluding hydrogens is 267 g/mol. The van der Waals surface area contributed by atoms with Crippen LogP contribution in [-0.2, 0) is 0 Å². The summed E-state index contributed by atoms with van der Waals surface area (Å²) in [6, 6.07) is 0.555. The van der Waals surface area contributed by atoms with Gasteiger partial charge in [0.05, 0.1) is 0 Å². The highest BCUT2D eigenvalue weighted by Crippen LogP contribution is 2.68. The van der Waals surface area contributed by atoms with Gasteiger partial charge < -0.3 is 5.11 Å². The van der Waals surface area contributed by atoms with Crippen molar-refractivity contribution in [3.05, 3.63) is 0 Å². The van der Waals surface area contributed by atoms with Crippen LogP contribution in [0.4, 0.5) is 13.2 Å². The van der Waals surface area contributed by atoms with Gasteiger partial charge >= 0.3 is 6.18 Å². The van der Waals surface area contributed by atoms with Crippen LogP contribution in [0.15, 0.2) is 0 Å². The van der Waals surface area contributed by atoms with Gasteiger partial charge in [0.2, 0.25) is 0 Å². The van der Waals surface area contributed by atoms with Gasteiger partial charge in [-0.2, -0.15) is 13.2 Å². The molecule has 1 N–H and O–H groups in total. The van der Waals surface area contributed by atoms with Gasteiger partial charge in [-0.1, -0.05) is 20.8 Å². The number of hydrogen-bond donors (Lipinski definition) is 1. The second kappa shape index (κ2) is 4.13. The standard InChI is InChI=1S/C15H24F3NO/c1-13(2,3)9-6-11-14(7-9)5-4-10(14)19(11)8-12(20)15(16,17)18/h9-12,20H,4-8H2,1-3H3/t9?,10-,11-,12?,14?/m0/s1. The summed E-state index contributed by atoms with van der Waals surface area (Å²) in [6.07, 6.45) is -2.39. The van der Waals surface area contributed by atoms with E-state index in [1.807, 2.05) is 4.90 Å². The van der Waals surface area contributed by atoms with Crippen molar-refractivity contribution in [1.29, 1.82) is 0 Å². The fourth-order valence-corrected chi connectivity index (χ4v) is 4.77. The quantitative estimate of drug-likeness (QED) is 0.844. The Bertz CT molecular complexity index is 403. The van der Waals surface area contributed by atoms with E-state index in [1.165, 1.54) is 0 Å². The Labute approximate surface area is 118 Å². The van der Waals surface area contributed by atoms with Crippen LogP contribution in [0.5, 0.6) is 0 Å². The first-order chi connectivity index (χ1) is 9.06. The van der Waals surface area contributed by atoms with E-state index in [0.717, 1.165) is 25.7 Å². The van der Waals surface area contributed by atoms with E-state index >= 15 is 0 Å². The zero-order chi connectivity index (χ0) is 14.9. The fraction of sp³-hybridized carbons (Fsp3) is 1.00. The van der Waals surface area contributed by atoms with Gasteiger partial charge in [0, 0.05) is 24.0 Å². The summed E-state index contributed by atoms with van der Waals surface area (Å²) >= 11 is 0. The SMILES string of the molecule is CC(C)(C)C1C[C@@H]2N(CC(O)C(F)(F)F)[C@H]3CCC32C1. The molecule has 0 aromatic carbocycles. The topological polar surface area (TPSA) is 23.5 Å². The number of β-amino-alcohol motifs (C(OH)–C–C–N with tert-alkyl or cyclic N) is 1. The minimum Gasteiger partial charge on any atom is -0.382 e. The third kappa shape index (κ3) is 1.92. The summed E-state index contributed by atoms with van der Waals surface area (Å²) in [5.74, 6) is 0.586. The number of rotatable bonds is 2. The van der Waals surface area contributed by atoms with E-state index in [2.05, 4.69) is 20.8 Å². The zero-order valence-electron chi connectivity index (χ0n) is 12.4. The first-order valence-corrected chi connectivity index (χ1v) is 7.56. The van der Waals surface area contributed by atoms with Crippen molar-refractivity contribution in [2.45, 2.75) is 70.8 Å². The van der Waals surface area contributed by atoms with Gasteiger partial charge in [-0.3, -0.25) is 4.90 Å². The number of piperidine rings is 1. The number of aliphatic hydroxyl groups excluding tert-OH is 1. The normalized spacial score (nSPS) is 42.5. The number of halogens is 3. The van der Waals surface area contributed by atoms with E-state index in [9.17, 15) is 18.3 Å². The van der Waals surface area contributed by atoms with Gasteiger partial charge in [0.1, 0.15) is 0 Å². The Morgan fingerprint density at radius 2 is 1.90 bits per heavy atom. The summed E-state index contributed by atoms with van der Waals surface area (Å²) in [5.41, 5.74) is 0.504. The van der Waals surface area contributed by atoms with Crippen LogP contribution in [0.25, 0.3) is 0 Å². The van der Waals surface area contributed by atoms with Gasteiger partial charge in [0.25, 0.3) is 0 Å². The van der Waals surface area contributed by atoms with Crippen molar-refractivity contribution in [3.8, 4) is 0 Å².